The monoisotopic (exact) mass is 379 g/mol. The zero-order valence-corrected chi connectivity index (χ0v) is 17.0. The van der Waals surface area contributed by atoms with Gasteiger partial charge in [-0.2, -0.15) is 4.98 Å². The predicted octanol–water partition coefficient (Wildman–Crippen LogP) is 4.73. The minimum atomic E-state index is -0.196. The van der Waals surface area contributed by atoms with Crippen LogP contribution in [0.5, 0.6) is 0 Å². The Morgan fingerprint density at radius 2 is 1.68 bits per heavy atom. The van der Waals surface area contributed by atoms with Crippen LogP contribution in [-0.2, 0) is 5.41 Å². The second kappa shape index (κ2) is 6.16. The summed E-state index contributed by atoms with van der Waals surface area (Å²) in [5, 5.41) is 7.59. The van der Waals surface area contributed by atoms with Gasteiger partial charge in [0, 0.05) is 11.0 Å². The quantitative estimate of drug-likeness (QED) is 0.837. The van der Waals surface area contributed by atoms with Crippen molar-refractivity contribution in [3.8, 4) is 11.5 Å². The number of carbonyl (C=O) groups excluding carboxylic acids is 1. The molecule has 1 amide bonds. The second-order valence-corrected chi connectivity index (χ2v) is 10.4. The summed E-state index contributed by atoms with van der Waals surface area (Å²) in [6, 6.07) is 7.58. The Kier molecular flexibility index (Phi) is 3.94. The summed E-state index contributed by atoms with van der Waals surface area (Å²) < 4.78 is 5.52. The van der Waals surface area contributed by atoms with Crippen molar-refractivity contribution < 1.29 is 9.32 Å². The van der Waals surface area contributed by atoms with Crippen molar-refractivity contribution in [3.63, 3.8) is 0 Å². The third-order valence-corrected chi connectivity index (χ3v) is 6.92. The molecule has 0 radical (unpaired) electrons. The van der Waals surface area contributed by atoms with Crippen LogP contribution in [0.2, 0.25) is 0 Å². The lowest BCUT2D eigenvalue weighted by molar-refractivity contribution is -0.0166. The van der Waals surface area contributed by atoms with E-state index in [4.69, 9.17) is 4.52 Å². The molecule has 5 nitrogen and oxygen atoms in total. The van der Waals surface area contributed by atoms with E-state index in [1.165, 1.54) is 19.3 Å². The van der Waals surface area contributed by atoms with Gasteiger partial charge in [0.05, 0.1) is 11.1 Å². The molecule has 1 aromatic heterocycles. The van der Waals surface area contributed by atoms with Crippen LogP contribution in [0.15, 0.2) is 28.8 Å². The highest BCUT2D eigenvalue weighted by molar-refractivity contribution is 6.00. The molecule has 6 rings (SSSR count). The fraction of sp³-hybridized carbons (Fsp3) is 0.609. The molecule has 1 heterocycles. The molecule has 28 heavy (non-hydrogen) atoms. The molecule has 4 fully saturated rings. The number of rotatable bonds is 3. The van der Waals surface area contributed by atoms with E-state index in [0.29, 0.717) is 22.8 Å². The van der Waals surface area contributed by atoms with Gasteiger partial charge in [-0.05, 0) is 68.4 Å². The normalized spacial score (nSPS) is 31.2. The number of nitrogens with one attached hydrogen (secondary N) is 1. The number of hydrogen-bond donors (Lipinski definition) is 1. The Morgan fingerprint density at radius 1 is 1.07 bits per heavy atom. The van der Waals surface area contributed by atoms with E-state index in [1.54, 1.807) is 0 Å². The number of hydrogen-bond acceptors (Lipinski definition) is 4. The summed E-state index contributed by atoms with van der Waals surface area (Å²) in [6.45, 7) is 6.15. The maximum Gasteiger partial charge on any atom is 0.258 e. The molecule has 0 aliphatic heterocycles. The van der Waals surface area contributed by atoms with Gasteiger partial charge in [-0.1, -0.05) is 38.1 Å². The van der Waals surface area contributed by atoms with Crippen LogP contribution in [0.4, 0.5) is 0 Å². The molecule has 1 aromatic carbocycles. The van der Waals surface area contributed by atoms with Crippen LogP contribution in [0.3, 0.4) is 0 Å². The molecule has 1 N–H and O–H groups in total. The van der Waals surface area contributed by atoms with Crippen molar-refractivity contribution in [1.82, 2.24) is 15.5 Å². The summed E-state index contributed by atoms with van der Waals surface area (Å²) in [7, 11) is 0. The Labute approximate surface area is 166 Å². The largest absolute Gasteiger partial charge is 0.347 e. The standard InChI is InChI=1S/C23H29N3O2/c1-22(2,3)21-24-20(28-26-21)18-7-5-4-6-17(18)19(27)25-23-11-14-8-15(12-23)10-16(9-14)13-23/h4-7,14-16H,8-13H2,1-3H3,(H,25,27). The molecular weight excluding hydrogens is 350 g/mol. The fourth-order valence-corrected chi connectivity index (χ4v) is 6.08. The average Bonchev–Trinajstić information content (AvgIpc) is 3.10. The van der Waals surface area contributed by atoms with E-state index >= 15 is 0 Å². The Balaban J connectivity index is 1.43. The van der Waals surface area contributed by atoms with Gasteiger partial charge >= 0.3 is 0 Å². The molecule has 0 saturated heterocycles. The lowest BCUT2D eigenvalue weighted by Gasteiger charge is -2.56. The van der Waals surface area contributed by atoms with Gasteiger partial charge in [0.2, 0.25) is 0 Å². The molecule has 5 heteroatoms. The molecule has 4 saturated carbocycles. The first-order valence-electron chi connectivity index (χ1n) is 10.6. The molecule has 0 spiro atoms. The highest BCUT2D eigenvalue weighted by Gasteiger charge is 2.51. The van der Waals surface area contributed by atoms with Crippen molar-refractivity contribution in [2.45, 2.75) is 70.3 Å². The Morgan fingerprint density at radius 3 is 2.25 bits per heavy atom. The van der Waals surface area contributed by atoms with Crippen molar-refractivity contribution in [2.75, 3.05) is 0 Å². The number of aromatic nitrogens is 2. The third-order valence-electron chi connectivity index (χ3n) is 6.92. The fourth-order valence-electron chi connectivity index (χ4n) is 6.08. The molecule has 4 bridgehead atoms. The van der Waals surface area contributed by atoms with Crippen LogP contribution in [0.25, 0.3) is 11.5 Å². The molecular formula is C23H29N3O2. The van der Waals surface area contributed by atoms with Gasteiger partial charge in [0.1, 0.15) is 0 Å². The molecule has 4 aliphatic carbocycles. The first-order valence-corrected chi connectivity index (χ1v) is 10.6. The van der Waals surface area contributed by atoms with Gasteiger partial charge < -0.3 is 9.84 Å². The molecule has 0 atom stereocenters. The smallest absolute Gasteiger partial charge is 0.258 e. The maximum absolute atomic E-state index is 13.3. The van der Waals surface area contributed by atoms with Gasteiger partial charge in [-0.15, -0.1) is 0 Å². The summed E-state index contributed by atoms with van der Waals surface area (Å²) in [6.07, 6.45) is 7.51. The van der Waals surface area contributed by atoms with Crippen molar-refractivity contribution in [2.24, 2.45) is 17.8 Å². The Hall–Kier alpha value is -2.17. The van der Waals surface area contributed by atoms with Crippen molar-refractivity contribution in [1.29, 1.82) is 0 Å². The molecule has 148 valence electrons. The Bertz CT molecular complexity index is 873. The van der Waals surface area contributed by atoms with E-state index in [-0.39, 0.29) is 16.9 Å². The highest BCUT2D eigenvalue weighted by Crippen LogP contribution is 2.55. The minimum Gasteiger partial charge on any atom is -0.347 e. The summed E-state index contributed by atoms with van der Waals surface area (Å²) in [5.41, 5.74) is 1.14. The molecule has 2 aromatic rings. The first-order chi connectivity index (χ1) is 13.3. The van der Waals surface area contributed by atoms with Crippen LogP contribution in [0, 0.1) is 17.8 Å². The summed E-state index contributed by atoms with van der Waals surface area (Å²) in [5.74, 6) is 3.46. The molecule has 4 aliphatic rings. The predicted molar refractivity (Wildman–Crippen MR) is 107 cm³/mol. The number of carbonyl (C=O) groups is 1. The second-order valence-electron chi connectivity index (χ2n) is 10.4. The van der Waals surface area contributed by atoms with Gasteiger partial charge in [0.25, 0.3) is 11.8 Å². The summed E-state index contributed by atoms with van der Waals surface area (Å²) >= 11 is 0. The topological polar surface area (TPSA) is 68.0 Å². The maximum atomic E-state index is 13.3. The summed E-state index contributed by atoms with van der Waals surface area (Å²) in [4.78, 5) is 17.9. The third kappa shape index (κ3) is 3.05. The van der Waals surface area contributed by atoms with E-state index < -0.39 is 0 Å². The number of benzene rings is 1. The zero-order chi connectivity index (χ0) is 19.5. The average molecular weight is 380 g/mol. The molecule has 0 unspecified atom stereocenters. The van der Waals surface area contributed by atoms with E-state index in [1.807, 2.05) is 45.0 Å². The van der Waals surface area contributed by atoms with Crippen LogP contribution < -0.4 is 5.32 Å². The van der Waals surface area contributed by atoms with Crippen molar-refractivity contribution in [3.05, 3.63) is 35.7 Å². The highest BCUT2D eigenvalue weighted by atomic mass is 16.5. The van der Waals surface area contributed by atoms with E-state index in [0.717, 1.165) is 37.0 Å². The number of amides is 1. The van der Waals surface area contributed by atoms with Gasteiger partial charge in [-0.3, -0.25) is 4.79 Å². The number of nitrogens with zero attached hydrogens (tertiary/aromatic N) is 2. The van der Waals surface area contributed by atoms with Crippen LogP contribution >= 0.6 is 0 Å². The minimum absolute atomic E-state index is 0.00643. The SMILES string of the molecule is CC(C)(C)c1noc(-c2ccccc2C(=O)NC23CC4CC(CC(C4)C2)C3)n1. The lowest BCUT2D eigenvalue weighted by Crippen LogP contribution is -2.59. The van der Waals surface area contributed by atoms with Crippen molar-refractivity contribution >= 4 is 5.91 Å². The zero-order valence-electron chi connectivity index (χ0n) is 17.0. The van der Waals surface area contributed by atoms with E-state index in [9.17, 15) is 4.79 Å². The van der Waals surface area contributed by atoms with Crippen LogP contribution in [-0.4, -0.2) is 21.6 Å². The van der Waals surface area contributed by atoms with Gasteiger partial charge in [-0.25, -0.2) is 0 Å². The van der Waals surface area contributed by atoms with Gasteiger partial charge in [0.15, 0.2) is 5.82 Å². The van der Waals surface area contributed by atoms with E-state index in [2.05, 4.69) is 15.5 Å². The lowest BCUT2D eigenvalue weighted by atomic mass is 9.53. The van der Waals surface area contributed by atoms with Crippen LogP contribution in [0.1, 0.15) is 75.5 Å². The first kappa shape index (κ1) is 17.9.